The largest absolute Gasteiger partial charge is 0.376 e. The van der Waals surface area contributed by atoms with Crippen LogP contribution in [0.3, 0.4) is 0 Å². The number of hydrogen-bond donors (Lipinski definition) is 1. The first-order valence-electron chi connectivity index (χ1n) is 7.91. The zero-order valence-electron chi connectivity index (χ0n) is 14.1. The molecule has 0 aliphatic rings. The van der Waals surface area contributed by atoms with E-state index in [0.29, 0.717) is 11.4 Å². The fourth-order valence-electron chi connectivity index (χ4n) is 2.50. The van der Waals surface area contributed by atoms with Gasteiger partial charge in [-0.15, -0.1) is 0 Å². The number of aromatic nitrogens is 2. The molecule has 7 nitrogen and oxygen atoms in total. The molecule has 0 aliphatic heterocycles. The van der Waals surface area contributed by atoms with Crippen molar-refractivity contribution < 1.29 is 4.92 Å². The summed E-state index contributed by atoms with van der Waals surface area (Å²) in [5, 5.41) is 18.0. The lowest BCUT2D eigenvalue weighted by atomic mass is 10.1. The second-order valence-electron chi connectivity index (χ2n) is 5.78. The standard InChI is InChI=1S/C18H14BrClN4O3/c1-11(12-2-4-13(19)5-3-12)22-16-10-21-23(18(25)17(16)20)14-6-8-15(9-7-14)24(26)27/h2-11,22H,1H3. The third-order valence-corrected chi connectivity index (χ3v) is 4.86. The highest BCUT2D eigenvalue weighted by Gasteiger charge is 2.14. The molecule has 3 rings (SSSR count). The molecule has 1 heterocycles. The number of hydrogen-bond acceptors (Lipinski definition) is 5. The van der Waals surface area contributed by atoms with Crippen LogP contribution in [0.2, 0.25) is 5.02 Å². The Morgan fingerprint density at radius 1 is 1.19 bits per heavy atom. The lowest BCUT2D eigenvalue weighted by Crippen LogP contribution is -2.23. The third kappa shape index (κ3) is 4.17. The molecule has 1 aromatic heterocycles. The van der Waals surface area contributed by atoms with Crippen LogP contribution in [0.15, 0.2) is 64.0 Å². The predicted octanol–water partition coefficient (Wildman–Crippen LogP) is 4.73. The molecule has 0 amide bonds. The Kier molecular flexibility index (Phi) is 5.57. The number of halogens is 2. The number of benzene rings is 2. The van der Waals surface area contributed by atoms with Gasteiger partial charge in [0.1, 0.15) is 5.02 Å². The molecule has 1 atom stereocenters. The molecule has 2 aromatic carbocycles. The van der Waals surface area contributed by atoms with Gasteiger partial charge < -0.3 is 5.32 Å². The minimum absolute atomic E-state index is 0.00712. The molecule has 0 saturated carbocycles. The smallest absolute Gasteiger partial charge is 0.292 e. The summed E-state index contributed by atoms with van der Waals surface area (Å²) in [6.07, 6.45) is 1.46. The van der Waals surface area contributed by atoms with Crippen molar-refractivity contribution in [1.29, 1.82) is 0 Å². The first kappa shape index (κ1) is 19.1. The highest BCUT2D eigenvalue weighted by atomic mass is 79.9. The molecular formula is C18H14BrClN4O3. The lowest BCUT2D eigenvalue weighted by Gasteiger charge is -2.17. The zero-order valence-corrected chi connectivity index (χ0v) is 16.4. The maximum Gasteiger partial charge on any atom is 0.292 e. The van der Waals surface area contributed by atoms with Crippen molar-refractivity contribution in [1.82, 2.24) is 9.78 Å². The van der Waals surface area contributed by atoms with E-state index in [4.69, 9.17) is 11.6 Å². The van der Waals surface area contributed by atoms with Crippen molar-refractivity contribution in [2.45, 2.75) is 13.0 Å². The maximum atomic E-state index is 12.6. The normalized spacial score (nSPS) is 11.8. The molecule has 1 N–H and O–H groups in total. The Bertz CT molecular complexity index is 1040. The van der Waals surface area contributed by atoms with E-state index in [-0.39, 0.29) is 16.8 Å². The van der Waals surface area contributed by atoms with Crippen LogP contribution in [-0.2, 0) is 0 Å². The van der Waals surface area contributed by atoms with Crippen LogP contribution >= 0.6 is 27.5 Å². The molecule has 9 heteroatoms. The highest BCUT2D eigenvalue weighted by molar-refractivity contribution is 9.10. The minimum atomic E-state index is -0.515. The average Bonchev–Trinajstić information content (AvgIpc) is 2.66. The van der Waals surface area contributed by atoms with Gasteiger partial charge in [0.15, 0.2) is 0 Å². The first-order chi connectivity index (χ1) is 12.9. The molecule has 3 aromatic rings. The first-order valence-corrected chi connectivity index (χ1v) is 9.08. The molecule has 0 bridgehead atoms. The predicted molar refractivity (Wildman–Crippen MR) is 108 cm³/mol. The molecule has 0 saturated heterocycles. The van der Waals surface area contributed by atoms with Crippen LogP contribution in [0.1, 0.15) is 18.5 Å². The molecule has 27 heavy (non-hydrogen) atoms. The minimum Gasteiger partial charge on any atom is -0.376 e. The van der Waals surface area contributed by atoms with Crippen LogP contribution < -0.4 is 10.9 Å². The Morgan fingerprint density at radius 3 is 2.41 bits per heavy atom. The number of nitrogens with zero attached hydrogens (tertiary/aromatic N) is 3. The Labute approximate surface area is 167 Å². The number of non-ortho nitro benzene ring substituents is 1. The molecule has 0 aliphatic carbocycles. The van der Waals surface area contributed by atoms with E-state index in [1.807, 2.05) is 31.2 Å². The number of rotatable bonds is 5. The quantitative estimate of drug-likeness (QED) is 0.449. The van der Waals surface area contributed by atoms with Gasteiger partial charge in [0.25, 0.3) is 11.2 Å². The Balaban J connectivity index is 1.87. The molecule has 0 radical (unpaired) electrons. The summed E-state index contributed by atoms with van der Waals surface area (Å²) >= 11 is 9.63. The molecular weight excluding hydrogens is 436 g/mol. The van der Waals surface area contributed by atoms with E-state index in [1.54, 1.807) is 0 Å². The number of nitrogens with one attached hydrogen (secondary N) is 1. The zero-order chi connectivity index (χ0) is 19.6. The topological polar surface area (TPSA) is 90.1 Å². The van der Waals surface area contributed by atoms with Crippen molar-refractivity contribution in [3.05, 3.63) is 90.3 Å². The van der Waals surface area contributed by atoms with Gasteiger partial charge in [0.2, 0.25) is 0 Å². The Morgan fingerprint density at radius 2 is 1.81 bits per heavy atom. The van der Waals surface area contributed by atoms with Crippen molar-refractivity contribution >= 4 is 38.9 Å². The van der Waals surface area contributed by atoms with Crippen molar-refractivity contribution in [3.8, 4) is 5.69 Å². The van der Waals surface area contributed by atoms with Gasteiger partial charge in [-0.25, -0.2) is 0 Å². The van der Waals surface area contributed by atoms with Gasteiger partial charge in [-0.05, 0) is 36.8 Å². The second kappa shape index (κ2) is 7.89. The van der Waals surface area contributed by atoms with E-state index in [9.17, 15) is 14.9 Å². The van der Waals surface area contributed by atoms with E-state index in [1.165, 1.54) is 30.5 Å². The van der Waals surface area contributed by atoms with E-state index in [2.05, 4.69) is 26.3 Å². The Hall–Kier alpha value is -2.71. The highest BCUT2D eigenvalue weighted by Crippen LogP contribution is 2.24. The number of anilines is 1. The molecule has 0 fully saturated rings. The van der Waals surface area contributed by atoms with Gasteiger partial charge in [-0.1, -0.05) is 39.7 Å². The van der Waals surface area contributed by atoms with E-state index >= 15 is 0 Å². The summed E-state index contributed by atoms with van der Waals surface area (Å²) in [5.41, 5.74) is 1.24. The lowest BCUT2D eigenvalue weighted by molar-refractivity contribution is -0.384. The molecule has 138 valence electrons. The van der Waals surface area contributed by atoms with Crippen molar-refractivity contribution in [3.63, 3.8) is 0 Å². The van der Waals surface area contributed by atoms with Gasteiger partial charge in [0, 0.05) is 22.6 Å². The fraction of sp³-hybridized carbons (Fsp3) is 0.111. The molecule has 1 unspecified atom stereocenters. The summed E-state index contributed by atoms with van der Waals surface area (Å²) in [5.74, 6) is 0. The maximum absolute atomic E-state index is 12.6. The third-order valence-electron chi connectivity index (χ3n) is 3.97. The van der Waals surface area contributed by atoms with Crippen molar-refractivity contribution in [2.75, 3.05) is 5.32 Å². The summed E-state index contributed by atoms with van der Waals surface area (Å²) in [4.78, 5) is 22.8. The number of nitro groups is 1. The summed E-state index contributed by atoms with van der Waals surface area (Å²) in [6, 6.07) is 13.2. The fourth-order valence-corrected chi connectivity index (χ4v) is 2.95. The van der Waals surface area contributed by atoms with Gasteiger partial charge in [-0.2, -0.15) is 9.78 Å². The van der Waals surface area contributed by atoms with Crippen LogP contribution in [0, 0.1) is 10.1 Å². The van der Waals surface area contributed by atoms with Gasteiger partial charge in [0.05, 0.1) is 22.5 Å². The van der Waals surface area contributed by atoms with Crippen molar-refractivity contribution in [2.24, 2.45) is 0 Å². The van der Waals surface area contributed by atoms with Gasteiger partial charge >= 0.3 is 0 Å². The van der Waals surface area contributed by atoms with Crippen LogP contribution in [0.4, 0.5) is 11.4 Å². The average molecular weight is 450 g/mol. The summed E-state index contributed by atoms with van der Waals surface area (Å²) in [7, 11) is 0. The van der Waals surface area contributed by atoms with Crippen LogP contribution in [-0.4, -0.2) is 14.7 Å². The summed E-state index contributed by atoms with van der Waals surface area (Å²) < 4.78 is 2.07. The number of nitro benzene ring substituents is 1. The van der Waals surface area contributed by atoms with E-state index in [0.717, 1.165) is 14.7 Å². The van der Waals surface area contributed by atoms with E-state index < -0.39 is 10.5 Å². The molecule has 0 spiro atoms. The van der Waals surface area contributed by atoms with Crippen LogP contribution in [0.25, 0.3) is 5.69 Å². The monoisotopic (exact) mass is 448 g/mol. The van der Waals surface area contributed by atoms with Crippen LogP contribution in [0.5, 0.6) is 0 Å². The van der Waals surface area contributed by atoms with Gasteiger partial charge in [-0.3, -0.25) is 14.9 Å². The SMILES string of the molecule is CC(Nc1cnn(-c2ccc([N+](=O)[O-])cc2)c(=O)c1Cl)c1ccc(Br)cc1. The summed E-state index contributed by atoms with van der Waals surface area (Å²) in [6.45, 7) is 1.95. The second-order valence-corrected chi connectivity index (χ2v) is 7.07.